The molecule has 9 aromatic carbocycles. The van der Waals surface area contributed by atoms with Gasteiger partial charge in [-0.25, -0.2) is 0 Å². The Morgan fingerprint density at radius 1 is 0.403 bits per heavy atom. The van der Waals surface area contributed by atoms with Gasteiger partial charge in [0.15, 0.2) is 13.9 Å². The summed E-state index contributed by atoms with van der Waals surface area (Å²) in [5.74, 6) is 1.94. The molecule has 2 aliphatic rings. The summed E-state index contributed by atoms with van der Waals surface area (Å²) in [6.45, 7) is 4.92. The highest BCUT2D eigenvalue weighted by molar-refractivity contribution is 7.20. The first-order valence-corrected chi connectivity index (χ1v) is 27.4. The Balaban J connectivity index is 1.04. The average molecular weight is 945 g/mol. The molecule has 0 bridgehead atoms. The van der Waals surface area contributed by atoms with Gasteiger partial charge in [0.2, 0.25) is 11.9 Å². The molecule has 7 heteroatoms. The molecule has 0 saturated heterocycles. The molecule has 4 heterocycles. The van der Waals surface area contributed by atoms with Crippen LogP contribution in [0.3, 0.4) is 0 Å². The van der Waals surface area contributed by atoms with Gasteiger partial charge in [0, 0.05) is 43.9 Å². The molecule has 12 aromatic rings. The third-order valence-corrected chi connectivity index (χ3v) is 21.4. The predicted octanol–water partition coefficient (Wildman–Crippen LogP) is 12.9. The Morgan fingerprint density at radius 3 is 1.60 bits per heavy atom. The van der Waals surface area contributed by atoms with Gasteiger partial charge in [-0.05, 0) is 88.5 Å². The first-order chi connectivity index (χ1) is 35.5. The van der Waals surface area contributed by atoms with Crippen molar-refractivity contribution in [1.82, 2.24) is 24.1 Å². The van der Waals surface area contributed by atoms with Crippen molar-refractivity contribution in [2.24, 2.45) is 0 Å². The molecular formula is C65H52N6Si. The molecule has 0 amide bonds. The van der Waals surface area contributed by atoms with Gasteiger partial charge in [-0.1, -0.05) is 208 Å². The highest BCUT2D eigenvalue weighted by Gasteiger charge is 2.58. The quantitative estimate of drug-likeness (QED) is 0.112. The van der Waals surface area contributed by atoms with Crippen LogP contribution in [-0.4, -0.2) is 37.7 Å². The van der Waals surface area contributed by atoms with E-state index in [2.05, 4.69) is 258 Å². The van der Waals surface area contributed by atoms with Crippen LogP contribution in [0.15, 0.2) is 231 Å². The number of hydrogen-bond donors (Lipinski definition) is 0. The number of nitrogens with zero attached hydrogens (tertiary/aromatic N) is 6. The van der Waals surface area contributed by atoms with Crippen LogP contribution in [0.5, 0.6) is 0 Å². The van der Waals surface area contributed by atoms with Gasteiger partial charge < -0.3 is 9.47 Å². The Hall–Kier alpha value is -8.39. The SMILES string of the molecule is CC12CCCCC1(C)N(c1nc(-c3cccc([Si](c4ccccc4)(c4ccccc4)c4ccc5c(c4)c4ccccc4n5-c4ccccc4)c3)nc(-n3c4ccccc4c4ccccc43)n1)c1ccccc12. The number of anilines is 2. The molecule has 1 aliphatic heterocycles. The van der Waals surface area contributed by atoms with Crippen LogP contribution < -0.4 is 25.6 Å². The van der Waals surface area contributed by atoms with Crippen LogP contribution in [0.25, 0.3) is 66.6 Å². The van der Waals surface area contributed by atoms with E-state index < -0.39 is 8.07 Å². The first-order valence-electron chi connectivity index (χ1n) is 25.4. The number of aromatic nitrogens is 5. The molecule has 0 spiro atoms. The fourth-order valence-corrected chi connectivity index (χ4v) is 18.0. The fourth-order valence-electron chi connectivity index (χ4n) is 13.2. The zero-order valence-electron chi connectivity index (χ0n) is 40.5. The Morgan fingerprint density at radius 2 is 0.917 bits per heavy atom. The van der Waals surface area contributed by atoms with E-state index in [1.54, 1.807) is 0 Å². The number of rotatable bonds is 8. The average Bonchev–Trinajstić information content (AvgIpc) is 4.03. The van der Waals surface area contributed by atoms with Gasteiger partial charge in [-0.15, -0.1) is 0 Å². The van der Waals surface area contributed by atoms with E-state index in [-0.39, 0.29) is 11.0 Å². The second-order valence-corrected chi connectivity index (χ2v) is 24.1. The van der Waals surface area contributed by atoms with Crippen molar-refractivity contribution in [3.8, 4) is 23.0 Å². The minimum absolute atomic E-state index is 0.0768. The Bertz CT molecular complexity index is 3960. The zero-order chi connectivity index (χ0) is 48.0. The van der Waals surface area contributed by atoms with E-state index >= 15 is 0 Å². The molecule has 2 unspecified atom stereocenters. The Kier molecular flexibility index (Phi) is 9.64. The predicted molar refractivity (Wildman–Crippen MR) is 300 cm³/mol. The first kappa shape index (κ1) is 42.5. The number of benzene rings is 9. The highest BCUT2D eigenvalue weighted by atomic mass is 28.3. The second-order valence-electron chi connectivity index (χ2n) is 20.3. The van der Waals surface area contributed by atoms with Crippen molar-refractivity contribution in [3.05, 3.63) is 236 Å². The number of fused-ring (bicyclic) bond motifs is 9. The lowest BCUT2D eigenvalue weighted by molar-refractivity contribution is 0.193. The van der Waals surface area contributed by atoms with E-state index in [1.165, 1.54) is 71.0 Å². The molecule has 2 atom stereocenters. The summed E-state index contributed by atoms with van der Waals surface area (Å²) < 4.78 is 4.66. The maximum atomic E-state index is 5.67. The van der Waals surface area contributed by atoms with Gasteiger partial charge in [0.1, 0.15) is 0 Å². The summed E-state index contributed by atoms with van der Waals surface area (Å²) in [5.41, 5.74) is 8.84. The number of hydrogen-bond acceptors (Lipinski definition) is 4. The third-order valence-electron chi connectivity index (χ3n) is 16.7. The molecule has 0 N–H and O–H groups in total. The fraction of sp³-hybridized carbons (Fsp3) is 0.123. The maximum Gasteiger partial charge on any atom is 0.240 e. The van der Waals surface area contributed by atoms with E-state index in [9.17, 15) is 0 Å². The van der Waals surface area contributed by atoms with Crippen LogP contribution in [0.2, 0.25) is 0 Å². The summed E-state index contributed by atoms with van der Waals surface area (Å²) in [6.07, 6.45) is 4.50. The molecule has 1 aliphatic carbocycles. The van der Waals surface area contributed by atoms with Crippen LogP contribution in [0.1, 0.15) is 45.1 Å². The summed E-state index contributed by atoms with van der Waals surface area (Å²) >= 11 is 0. The molecule has 6 nitrogen and oxygen atoms in total. The third kappa shape index (κ3) is 6.10. The molecule has 1 fully saturated rings. The molecule has 1 saturated carbocycles. The normalized spacial score (nSPS) is 17.7. The van der Waals surface area contributed by atoms with Crippen molar-refractivity contribution in [2.75, 3.05) is 4.90 Å². The monoisotopic (exact) mass is 944 g/mol. The summed E-state index contributed by atoms with van der Waals surface area (Å²) in [4.78, 5) is 19.4. The molecule has 14 rings (SSSR count). The van der Waals surface area contributed by atoms with Gasteiger partial charge in [0.25, 0.3) is 0 Å². The van der Waals surface area contributed by atoms with Crippen molar-refractivity contribution in [1.29, 1.82) is 0 Å². The summed E-state index contributed by atoms with van der Waals surface area (Å²) in [5, 5.41) is 9.98. The van der Waals surface area contributed by atoms with Gasteiger partial charge in [0.05, 0.1) is 27.6 Å². The molecular weight excluding hydrogens is 893 g/mol. The molecule has 3 aromatic heterocycles. The number of para-hydroxylation sites is 5. The van der Waals surface area contributed by atoms with E-state index in [1.807, 2.05) is 0 Å². The van der Waals surface area contributed by atoms with Crippen LogP contribution >= 0.6 is 0 Å². The summed E-state index contributed by atoms with van der Waals surface area (Å²) in [7, 11) is -3.11. The second kappa shape index (κ2) is 16.3. The van der Waals surface area contributed by atoms with E-state index in [0.29, 0.717) is 17.7 Å². The zero-order valence-corrected chi connectivity index (χ0v) is 41.5. The molecule has 72 heavy (non-hydrogen) atoms. The molecule has 0 radical (unpaired) electrons. The summed E-state index contributed by atoms with van der Waals surface area (Å²) in [6, 6.07) is 84.8. The van der Waals surface area contributed by atoms with Gasteiger partial charge >= 0.3 is 0 Å². The van der Waals surface area contributed by atoms with E-state index in [0.717, 1.165) is 41.5 Å². The molecule has 346 valence electrons. The lowest BCUT2D eigenvalue weighted by Crippen LogP contribution is -2.74. The van der Waals surface area contributed by atoms with Crippen LogP contribution in [0, 0.1) is 0 Å². The lowest BCUT2D eigenvalue weighted by Gasteiger charge is -2.49. The van der Waals surface area contributed by atoms with Crippen molar-refractivity contribution in [2.45, 2.75) is 50.5 Å². The lowest BCUT2D eigenvalue weighted by atomic mass is 9.61. The highest BCUT2D eigenvalue weighted by Crippen LogP contribution is 2.60. The largest absolute Gasteiger partial charge is 0.309 e. The minimum Gasteiger partial charge on any atom is -0.309 e. The smallest absolute Gasteiger partial charge is 0.240 e. The van der Waals surface area contributed by atoms with Crippen LogP contribution in [-0.2, 0) is 5.41 Å². The van der Waals surface area contributed by atoms with Gasteiger partial charge in [-0.2, -0.15) is 15.0 Å². The maximum absolute atomic E-state index is 5.67. The van der Waals surface area contributed by atoms with Crippen molar-refractivity contribution < 1.29 is 0 Å². The Labute approximate surface area is 420 Å². The van der Waals surface area contributed by atoms with Crippen molar-refractivity contribution >= 4 is 84.1 Å². The minimum atomic E-state index is -3.11. The van der Waals surface area contributed by atoms with Crippen LogP contribution in [0.4, 0.5) is 11.6 Å². The van der Waals surface area contributed by atoms with Crippen molar-refractivity contribution in [3.63, 3.8) is 0 Å². The van der Waals surface area contributed by atoms with Gasteiger partial charge in [-0.3, -0.25) is 4.57 Å². The topological polar surface area (TPSA) is 51.8 Å². The van der Waals surface area contributed by atoms with E-state index in [4.69, 9.17) is 15.0 Å². The standard InChI is InChI=1S/C65H52N6Si/c1-64-41-20-21-42-65(64,2)71(60-38-19-15-34-55(60)64)63-67-61(66-62(68-63)70-57-36-17-12-31-51(57)52-32-13-18-37-58(52)70)45-23-22-30-49(43-45)72(47-26-8-4-9-27-47,48-28-10-5-11-29-48)50-39-40-59-54(44-50)53-33-14-16-35-56(53)69(59)46-24-6-3-7-25-46/h3-19,22-40,43-44H,20-21,41-42H2,1-2H3.